The molecule has 0 aliphatic carbocycles. The van der Waals surface area contributed by atoms with Gasteiger partial charge < -0.3 is 10.1 Å². The zero-order valence-corrected chi connectivity index (χ0v) is 12.1. The number of nitrogens with one attached hydrogen (secondary N) is 1. The van der Waals surface area contributed by atoms with Crippen molar-refractivity contribution in [2.75, 3.05) is 13.7 Å². The van der Waals surface area contributed by atoms with E-state index >= 15 is 0 Å². The summed E-state index contributed by atoms with van der Waals surface area (Å²) >= 11 is 9.29. The predicted molar refractivity (Wildman–Crippen MR) is 72.6 cm³/mol. The van der Waals surface area contributed by atoms with Gasteiger partial charge in [0.1, 0.15) is 0 Å². The number of carbonyl (C=O) groups is 1. The third-order valence-corrected chi connectivity index (χ3v) is 3.13. The highest BCUT2D eigenvalue weighted by Gasteiger charge is 2.13. The van der Waals surface area contributed by atoms with Crippen molar-refractivity contribution in [1.29, 1.82) is 0 Å². The SMILES string of the molecule is COCCC(C)NC(=O)c1cc(Br)ccc1Cl. The summed E-state index contributed by atoms with van der Waals surface area (Å²) in [5.74, 6) is -0.167. The molecule has 0 saturated heterocycles. The van der Waals surface area contributed by atoms with Crippen LogP contribution in [-0.2, 0) is 4.74 Å². The topological polar surface area (TPSA) is 38.3 Å². The van der Waals surface area contributed by atoms with Gasteiger partial charge in [0, 0.05) is 24.2 Å². The van der Waals surface area contributed by atoms with Crippen LogP contribution in [0.25, 0.3) is 0 Å². The van der Waals surface area contributed by atoms with Gasteiger partial charge in [-0.15, -0.1) is 0 Å². The van der Waals surface area contributed by atoms with Crippen LogP contribution < -0.4 is 5.32 Å². The molecule has 0 aliphatic heterocycles. The average molecular weight is 321 g/mol. The molecule has 1 aromatic rings. The number of amides is 1. The number of benzene rings is 1. The van der Waals surface area contributed by atoms with Crippen LogP contribution in [0.3, 0.4) is 0 Å². The van der Waals surface area contributed by atoms with E-state index in [-0.39, 0.29) is 11.9 Å². The molecule has 1 rings (SSSR count). The lowest BCUT2D eigenvalue weighted by Gasteiger charge is -2.14. The van der Waals surface area contributed by atoms with Crippen LogP contribution in [0.1, 0.15) is 23.7 Å². The van der Waals surface area contributed by atoms with Crippen LogP contribution in [-0.4, -0.2) is 25.7 Å². The second kappa shape index (κ2) is 6.99. The van der Waals surface area contributed by atoms with Crippen LogP contribution in [0.15, 0.2) is 22.7 Å². The second-order valence-corrected chi connectivity index (χ2v) is 5.10. The van der Waals surface area contributed by atoms with E-state index in [1.54, 1.807) is 25.3 Å². The Morgan fingerprint density at radius 3 is 2.94 bits per heavy atom. The maximum absolute atomic E-state index is 11.9. The largest absolute Gasteiger partial charge is 0.385 e. The van der Waals surface area contributed by atoms with Crippen molar-refractivity contribution in [2.24, 2.45) is 0 Å². The molecule has 3 nitrogen and oxygen atoms in total. The Kier molecular flexibility index (Phi) is 5.95. The molecule has 0 bridgehead atoms. The first kappa shape index (κ1) is 14.5. The van der Waals surface area contributed by atoms with Gasteiger partial charge in [0.05, 0.1) is 10.6 Å². The van der Waals surface area contributed by atoms with Crippen LogP contribution in [0.2, 0.25) is 5.02 Å². The number of halogens is 2. The highest BCUT2D eigenvalue weighted by molar-refractivity contribution is 9.10. The van der Waals surface area contributed by atoms with Crippen LogP contribution in [0.4, 0.5) is 0 Å². The Bertz CT molecular complexity index is 398. The number of methoxy groups -OCH3 is 1. The minimum Gasteiger partial charge on any atom is -0.385 e. The number of carbonyl (C=O) groups excluding carboxylic acids is 1. The molecule has 1 amide bonds. The maximum Gasteiger partial charge on any atom is 0.253 e. The summed E-state index contributed by atoms with van der Waals surface area (Å²) in [4.78, 5) is 11.9. The van der Waals surface area contributed by atoms with Crippen molar-refractivity contribution in [3.63, 3.8) is 0 Å². The first-order valence-electron chi connectivity index (χ1n) is 5.29. The van der Waals surface area contributed by atoms with E-state index in [0.29, 0.717) is 17.2 Å². The minimum atomic E-state index is -0.167. The molecule has 1 N–H and O–H groups in total. The summed E-state index contributed by atoms with van der Waals surface area (Å²) in [6.07, 6.45) is 0.772. The molecule has 0 aliphatic rings. The van der Waals surface area contributed by atoms with Crippen molar-refractivity contribution in [3.8, 4) is 0 Å². The minimum absolute atomic E-state index is 0.0532. The second-order valence-electron chi connectivity index (χ2n) is 3.78. The van der Waals surface area contributed by atoms with Crippen molar-refractivity contribution < 1.29 is 9.53 Å². The molecular formula is C12H15BrClNO2. The number of ether oxygens (including phenoxy) is 1. The van der Waals surface area contributed by atoms with E-state index in [2.05, 4.69) is 21.2 Å². The molecule has 1 atom stereocenters. The molecule has 17 heavy (non-hydrogen) atoms. The van der Waals surface area contributed by atoms with Gasteiger partial charge in [0.15, 0.2) is 0 Å². The zero-order chi connectivity index (χ0) is 12.8. The average Bonchev–Trinajstić information content (AvgIpc) is 2.29. The third kappa shape index (κ3) is 4.66. The molecule has 1 unspecified atom stereocenters. The Morgan fingerprint density at radius 2 is 2.29 bits per heavy atom. The molecule has 0 aromatic heterocycles. The third-order valence-electron chi connectivity index (χ3n) is 2.31. The van der Waals surface area contributed by atoms with Crippen molar-refractivity contribution in [2.45, 2.75) is 19.4 Å². The van der Waals surface area contributed by atoms with E-state index in [0.717, 1.165) is 10.9 Å². The summed E-state index contributed by atoms with van der Waals surface area (Å²) in [6.45, 7) is 2.55. The van der Waals surface area contributed by atoms with Crippen LogP contribution in [0, 0.1) is 0 Å². The maximum atomic E-state index is 11.9. The highest BCUT2D eigenvalue weighted by atomic mass is 79.9. The Labute approximate surface area is 115 Å². The highest BCUT2D eigenvalue weighted by Crippen LogP contribution is 2.21. The lowest BCUT2D eigenvalue weighted by molar-refractivity contribution is 0.0929. The summed E-state index contributed by atoms with van der Waals surface area (Å²) in [6, 6.07) is 5.26. The van der Waals surface area contributed by atoms with Gasteiger partial charge in [-0.25, -0.2) is 0 Å². The van der Waals surface area contributed by atoms with Crippen LogP contribution >= 0.6 is 27.5 Å². The fraction of sp³-hybridized carbons (Fsp3) is 0.417. The molecule has 94 valence electrons. The fourth-order valence-corrected chi connectivity index (χ4v) is 1.90. The van der Waals surface area contributed by atoms with Crippen molar-refractivity contribution in [3.05, 3.63) is 33.3 Å². The van der Waals surface area contributed by atoms with Gasteiger partial charge >= 0.3 is 0 Å². The van der Waals surface area contributed by atoms with E-state index in [1.807, 2.05) is 6.92 Å². The first-order valence-corrected chi connectivity index (χ1v) is 6.46. The van der Waals surface area contributed by atoms with Gasteiger partial charge in [0.25, 0.3) is 5.91 Å². The van der Waals surface area contributed by atoms with Crippen molar-refractivity contribution in [1.82, 2.24) is 5.32 Å². The lowest BCUT2D eigenvalue weighted by Crippen LogP contribution is -2.33. The normalized spacial score (nSPS) is 12.2. The molecule has 1 aromatic carbocycles. The van der Waals surface area contributed by atoms with Gasteiger partial charge in [-0.3, -0.25) is 4.79 Å². The van der Waals surface area contributed by atoms with Gasteiger partial charge in [-0.1, -0.05) is 27.5 Å². The zero-order valence-electron chi connectivity index (χ0n) is 9.80. The lowest BCUT2D eigenvalue weighted by atomic mass is 10.2. The molecule has 0 heterocycles. The predicted octanol–water partition coefficient (Wildman–Crippen LogP) is 3.26. The van der Waals surface area contributed by atoms with Crippen molar-refractivity contribution >= 4 is 33.4 Å². The number of rotatable bonds is 5. The van der Waals surface area contributed by atoms with Gasteiger partial charge in [-0.2, -0.15) is 0 Å². The Hall–Kier alpha value is -0.580. The molecule has 5 heteroatoms. The monoisotopic (exact) mass is 319 g/mol. The molecule has 0 saturated carbocycles. The number of hydrogen-bond acceptors (Lipinski definition) is 2. The fourth-order valence-electron chi connectivity index (χ4n) is 1.34. The van der Waals surface area contributed by atoms with Gasteiger partial charge in [-0.05, 0) is 31.5 Å². The number of hydrogen-bond donors (Lipinski definition) is 1. The van der Waals surface area contributed by atoms with E-state index in [1.165, 1.54) is 0 Å². The van der Waals surface area contributed by atoms with Crippen LogP contribution in [0.5, 0.6) is 0 Å². The Morgan fingerprint density at radius 1 is 1.59 bits per heavy atom. The summed E-state index contributed by atoms with van der Waals surface area (Å²) in [5, 5.41) is 3.32. The summed E-state index contributed by atoms with van der Waals surface area (Å²) in [7, 11) is 1.64. The standard InChI is InChI=1S/C12H15BrClNO2/c1-8(5-6-17-2)15-12(16)10-7-9(13)3-4-11(10)14/h3-4,7-8H,5-6H2,1-2H3,(H,15,16). The van der Waals surface area contributed by atoms with E-state index in [9.17, 15) is 4.79 Å². The Balaban J connectivity index is 2.66. The quantitative estimate of drug-likeness (QED) is 0.904. The molecule has 0 fully saturated rings. The van der Waals surface area contributed by atoms with E-state index in [4.69, 9.17) is 16.3 Å². The molecular weight excluding hydrogens is 305 g/mol. The summed E-state index contributed by atoms with van der Waals surface area (Å²) < 4.78 is 5.79. The smallest absolute Gasteiger partial charge is 0.253 e. The molecule has 0 radical (unpaired) electrons. The summed E-state index contributed by atoms with van der Waals surface area (Å²) in [5.41, 5.74) is 0.477. The first-order chi connectivity index (χ1) is 8.04. The van der Waals surface area contributed by atoms with E-state index < -0.39 is 0 Å². The van der Waals surface area contributed by atoms with Gasteiger partial charge in [0.2, 0.25) is 0 Å². The molecule has 0 spiro atoms.